The maximum atomic E-state index is 13.3. The van der Waals surface area contributed by atoms with Crippen LogP contribution in [0.3, 0.4) is 0 Å². The number of halogens is 2. The van der Waals surface area contributed by atoms with E-state index in [9.17, 15) is 9.36 Å². The van der Waals surface area contributed by atoms with Crippen molar-refractivity contribution in [1.29, 1.82) is 0 Å². The second-order valence-corrected chi connectivity index (χ2v) is 8.31. The normalized spacial score (nSPS) is 12.6. The van der Waals surface area contributed by atoms with Crippen molar-refractivity contribution in [3.05, 3.63) is 64.1 Å². The van der Waals surface area contributed by atoms with E-state index in [1.165, 1.54) is 0 Å². The van der Waals surface area contributed by atoms with Crippen molar-refractivity contribution in [3.63, 3.8) is 0 Å². The van der Waals surface area contributed by atoms with E-state index in [4.69, 9.17) is 32.2 Å². The Labute approximate surface area is 163 Å². The molecule has 0 bridgehead atoms. The van der Waals surface area contributed by atoms with Gasteiger partial charge in [0.15, 0.2) is 5.66 Å². The Morgan fingerprint density at radius 1 is 0.962 bits per heavy atom. The molecule has 1 N–H and O–H groups in total. The van der Waals surface area contributed by atoms with Crippen LogP contribution in [0.1, 0.15) is 25.1 Å². The van der Waals surface area contributed by atoms with E-state index in [1.54, 1.807) is 62.4 Å². The van der Waals surface area contributed by atoms with Gasteiger partial charge in [-0.1, -0.05) is 35.3 Å². The zero-order valence-corrected chi connectivity index (χ0v) is 16.9. The van der Waals surface area contributed by atoms with Crippen molar-refractivity contribution in [2.24, 2.45) is 0 Å². The number of benzene rings is 2. The van der Waals surface area contributed by atoms with Gasteiger partial charge in [-0.3, -0.25) is 9.36 Å². The summed E-state index contributed by atoms with van der Waals surface area (Å²) in [5.74, 6) is -0.500. The van der Waals surface area contributed by atoms with E-state index in [0.29, 0.717) is 21.3 Å². The SMILES string of the molecule is CCOP(=O)(OCC)C(C(=O)Nc1ccc(Cl)cc1)c1ccc(Cl)cc1. The third-order valence-electron chi connectivity index (χ3n) is 3.48. The molecule has 2 rings (SSSR count). The minimum Gasteiger partial charge on any atom is -0.325 e. The third-order valence-corrected chi connectivity index (χ3v) is 6.39. The summed E-state index contributed by atoms with van der Waals surface area (Å²) in [6.45, 7) is 3.69. The smallest absolute Gasteiger partial charge is 0.325 e. The largest absolute Gasteiger partial charge is 0.347 e. The lowest BCUT2D eigenvalue weighted by Crippen LogP contribution is -2.23. The Kier molecular flexibility index (Phi) is 7.69. The average Bonchev–Trinajstić information content (AvgIpc) is 2.59. The third kappa shape index (κ3) is 5.32. The van der Waals surface area contributed by atoms with Crippen molar-refractivity contribution in [2.75, 3.05) is 18.5 Å². The number of rotatable bonds is 8. The van der Waals surface area contributed by atoms with Crippen LogP contribution in [0, 0.1) is 0 Å². The lowest BCUT2D eigenvalue weighted by atomic mass is 10.1. The zero-order chi connectivity index (χ0) is 19.2. The molecule has 0 saturated carbocycles. The number of carbonyl (C=O) groups excluding carboxylic acids is 1. The van der Waals surface area contributed by atoms with Crippen LogP contribution in [0.15, 0.2) is 48.5 Å². The van der Waals surface area contributed by atoms with E-state index in [1.807, 2.05) is 0 Å². The molecule has 26 heavy (non-hydrogen) atoms. The summed E-state index contributed by atoms with van der Waals surface area (Å²) < 4.78 is 24.2. The molecule has 0 fully saturated rings. The highest BCUT2D eigenvalue weighted by Crippen LogP contribution is 2.61. The maximum absolute atomic E-state index is 13.3. The molecule has 2 aromatic carbocycles. The van der Waals surface area contributed by atoms with Gasteiger partial charge in [-0.2, -0.15) is 0 Å². The number of amides is 1. The van der Waals surface area contributed by atoms with Crippen LogP contribution in [0.4, 0.5) is 5.69 Å². The van der Waals surface area contributed by atoms with Gasteiger partial charge in [-0.25, -0.2) is 0 Å². The quantitative estimate of drug-likeness (QED) is 0.541. The highest BCUT2D eigenvalue weighted by molar-refractivity contribution is 7.55. The molecule has 0 aliphatic heterocycles. The van der Waals surface area contributed by atoms with E-state index < -0.39 is 19.2 Å². The molecule has 0 aliphatic rings. The number of hydrogen-bond donors (Lipinski definition) is 1. The van der Waals surface area contributed by atoms with Gasteiger partial charge in [0.25, 0.3) is 0 Å². The molecule has 0 spiro atoms. The van der Waals surface area contributed by atoms with Crippen LogP contribution >= 0.6 is 30.8 Å². The first-order valence-electron chi connectivity index (χ1n) is 8.10. The second-order valence-electron chi connectivity index (χ2n) is 5.33. The van der Waals surface area contributed by atoms with Crippen LogP contribution in [-0.2, 0) is 18.4 Å². The van der Waals surface area contributed by atoms with Gasteiger partial charge < -0.3 is 14.4 Å². The molecule has 0 heterocycles. The predicted octanol–water partition coefficient (Wildman–Crippen LogP) is 5.94. The summed E-state index contributed by atoms with van der Waals surface area (Å²) in [4.78, 5) is 13.0. The number of nitrogens with one attached hydrogen (secondary N) is 1. The molecular weight excluding hydrogens is 396 g/mol. The first-order chi connectivity index (χ1) is 12.4. The molecule has 0 aliphatic carbocycles. The van der Waals surface area contributed by atoms with Gasteiger partial charge in [0, 0.05) is 15.7 Å². The van der Waals surface area contributed by atoms with E-state index >= 15 is 0 Å². The first kappa shape index (κ1) is 20.9. The van der Waals surface area contributed by atoms with E-state index in [-0.39, 0.29) is 13.2 Å². The van der Waals surface area contributed by atoms with Crippen LogP contribution in [-0.4, -0.2) is 19.1 Å². The lowest BCUT2D eigenvalue weighted by Gasteiger charge is -2.26. The second kappa shape index (κ2) is 9.54. The van der Waals surface area contributed by atoms with E-state index in [2.05, 4.69) is 5.32 Å². The molecule has 0 saturated heterocycles. The zero-order valence-electron chi connectivity index (χ0n) is 14.4. The maximum Gasteiger partial charge on any atom is 0.347 e. The lowest BCUT2D eigenvalue weighted by molar-refractivity contribution is -0.116. The fraction of sp³-hybridized carbons (Fsp3) is 0.278. The van der Waals surface area contributed by atoms with E-state index in [0.717, 1.165) is 0 Å². The van der Waals surface area contributed by atoms with Crippen LogP contribution in [0.25, 0.3) is 0 Å². The van der Waals surface area contributed by atoms with Crippen molar-refractivity contribution in [2.45, 2.75) is 19.5 Å². The number of hydrogen-bond acceptors (Lipinski definition) is 4. The Bertz CT molecular complexity index is 771. The summed E-state index contributed by atoms with van der Waals surface area (Å²) >= 11 is 11.8. The molecule has 5 nitrogen and oxygen atoms in total. The molecule has 1 amide bonds. The van der Waals surface area contributed by atoms with Gasteiger partial charge >= 0.3 is 7.60 Å². The topological polar surface area (TPSA) is 64.6 Å². The molecule has 1 unspecified atom stereocenters. The summed E-state index contributed by atoms with van der Waals surface area (Å²) in [5, 5.41) is 3.80. The standard InChI is InChI=1S/C18H20Cl2NO4P/c1-3-24-26(23,25-4-2)17(13-5-7-14(19)8-6-13)18(22)21-16-11-9-15(20)10-12-16/h5-12,17H,3-4H2,1-2H3,(H,21,22). The van der Waals surface area contributed by atoms with Crippen molar-refractivity contribution < 1.29 is 18.4 Å². The Balaban J connectivity index is 2.41. The fourth-order valence-electron chi connectivity index (χ4n) is 2.41. The molecular formula is C18H20Cl2NO4P. The molecule has 1 atom stereocenters. The molecule has 2 aromatic rings. The minimum atomic E-state index is -3.75. The summed E-state index contributed by atoms with van der Waals surface area (Å²) in [5.41, 5.74) is -0.112. The van der Waals surface area contributed by atoms with Gasteiger partial charge in [-0.15, -0.1) is 0 Å². The van der Waals surface area contributed by atoms with Crippen LogP contribution in [0.2, 0.25) is 10.0 Å². The van der Waals surface area contributed by atoms with Crippen molar-refractivity contribution >= 4 is 42.4 Å². The highest BCUT2D eigenvalue weighted by Gasteiger charge is 2.42. The van der Waals surface area contributed by atoms with Gasteiger partial charge in [0.05, 0.1) is 13.2 Å². The fourth-order valence-corrected chi connectivity index (χ4v) is 4.65. The van der Waals surface area contributed by atoms with Crippen LogP contribution in [0.5, 0.6) is 0 Å². The van der Waals surface area contributed by atoms with Gasteiger partial charge in [-0.05, 0) is 55.8 Å². The molecule has 8 heteroatoms. The van der Waals surface area contributed by atoms with Gasteiger partial charge in [0.1, 0.15) is 0 Å². The molecule has 0 aromatic heterocycles. The van der Waals surface area contributed by atoms with Gasteiger partial charge in [0.2, 0.25) is 5.91 Å². The first-order valence-corrected chi connectivity index (χ1v) is 10.5. The predicted molar refractivity (Wildman–Crippen MR) is 105 cm³/mol. The molecule has 0 radical (unpaired) electrons. The highest BCUT2D eigenvalue weighted by atomic mass is 35.5. The Morgan fingerprint density at radius 3 is 1.88 bits per heavy atom. The Morgan fingerprint density at radius 2 is 1.42 bits per heavy atom. The summed E-state index contributed by atoms with van der Waals surface area (Å²) in [6.07, 6.45) is 0. The summed E-state index contributed by atoms with van der Waals surface area (Å²) in [7, 11) is -3.75. The Hall–Kier alpha value is -1.36. The number of anilines is 1. The minimum absolute atomic E-state index is 0.148. The number of carbonyl (C=O) groups is 1. The van der Waals surface area contributed by atoms with Crippen LogP contribution < -0.4 is 5.32 Å². The average molecular weight is 416 g/mol. The monoisotopic (exact) mass is 415 g/mol. The molecule has 140 valence electrons. The van der Waals surface area contributed by atoms with Crippen molar-refractivity contribution in [3.8, 4) is 0 Å². The summed E-state index contributed by atoms with van der Waals surface area (Å²) in [6, 6.07) is 13.1. The van der Waals surface area contributed by atoms with Crippen molar-refractivity contribution in [1.82, 2.24) is 0 Å².